The zero-order valence-corrected chi connectivity index (χ0v) is 11.4. The fourth-order valence-electron chi connectivity index (χ4n) is 2.18. The first-order valence-corrected chi connectivity index (χ1v) is 7.66. The van der Waals surface area contributed by atoms with Crippen molar-refractivity contribution >= 4 is 11.8 Å². The maximum Gasteiger partial charge on any atom is 0.0194 e. The average molecular weight is 242 g/mol. The van der Waals surface area contributed by atoms with Crippen LogP contribution in [0.4, 0.5) is 0 Å². The minimum atomic E-state index is 0.719. The van der Waals surface area contributed by atoms with Gasteiger partial charge >= 0.3 is 0 Å². The minimum Gasteiger partial charge on any atom is -0.313 e. The van der Waals surface area contributed by atoms with Crippen LogP contribution in [-0.4, -0.2) is 48.6 Å². The van der Waals surface area contributed by atoms with Gasteiger partial charge in [-0.15, -0.1) is 6.58 Å². The third kappa shape index (κ3) is 5.92. The van der Waals surface area contributed by atoms with Crippen molar-refractivity contribution in [3.05, 3.63) is 12.7 Å². The van der Waals surface area contributed by atoms with Crippen LogP contribution in [0.15, 0.2) is 12.7 Å². The van der Waals surface area contributed by atoms with Gasteiger partial charge in [0.1, 0.15) is 0 Å². The van der Waals surface area contributed by atoms with Crippen LogP contribution in [0.25, 0.3) is 0 Å². The molecule has 94 valence electrons. The fraction of sp³-hybridized carbons (Fsp3) is 0.846. The maximum atomic E-state index is 3.75. The predicted octanol–water partition coefficient (Wildman–Crippen LogP) is 2.37. The van der Waals surface area contributed by atoms with E-state index < -0.39 is 0 Å². The van der Waals surface area contributed by atoms with Gasteiger partial charge in [0.25, 0.3) is 0 Å². The van der Waals surface area contributed by atoms with Crippen LogP contribution in [0.2, 0.25) is 0 Å². The Morgan fingerprint density at radius 3 is 3.19 bits per heavy atom. The van der Waals surface area contributed by atoms with Gasteiger partial charge in [0.2, 0.25) is 0 Å². The monoisotopic (exact) mass is 242 g/mol. The molecule has 1 N–H and O–H groups in total. The molecule has 1 unspecified atom stereocenters. The third-order valence-corrected chi connectivity index (χ3v) is 3.93. The largest absolute Gasteiger partial charge is 0.313 e. The second-order valence-corrected chi connectivity index (χ2v) is 5.61. The van der Waals surface area contributed by atoms with Crippen molar-refractivity contribution in [2.75, 3.05) is 37.7 Å². The Balaban J connectivity index is 2.19. The number of thioether (sulfide) groups is 1. The van der Waals surface area contributed by atoms with Gasteiger partial charge in [0.05, 0.1) is 0 Å². The SMILES string of the molecule is C=CCSCCN1CCCNC(CCC)C1. The Bertz CT molecular complexity index is 185. The Kier molecular flexibility index (Phi) is 7.99. The smallest absolute Gasteiger partial charge is 0.0194 e. The molecule has 0 saturated carbocycles. The van der Waals surface area contributed by atoms with Crippen LogP contribution in [0.5, 0.6) is 0 Å². The molecule has 1 saturated heterocycles. The summed E-state index contributed by atoms with van der Waals surface area (Å²) in [5, 5.41) is 3.65. The summed E-state index contributed by atoms with van der Waals surface area (Å²) in [7, 11) is 0. The molecule has 1 rings (SSSR count). The highest BCUT2D eigenvalue weighted by molar-refractivity contribution is 7.99. The van der Waals surface area contributed by atoms with Crippen molar-refractivity contribution in [2.45, 2.75) is 32.2 Å². The van der Waals surface area contributed by atoms with E-state index in [4.69, 9.17) is 0 Å². The molecule has 1 heterocycles. The highest BCUT2D eigenvalue weighted by atomic mass is 32.2. The molecule has 0 aromatic heterocycles. The van der Waals surface area contributed by atoms with Crippen molar-refractivity contribution in [3.8, 4) is 0 Å². The standard InChI is InChI=1S/C13H26N2S/c1-3-6-13-12-15(8-5-7-14-13)9-11-16-10-4-2/h4,13-14H,2-3,5-12H2,1H3. The summed E-state index contributed by atoms with van der Waals surface area (Å²) in [5.74, 6) is 2.33. The number of nitrogens with zero attached hydrogens (tertiary/aromatic N) is 1. The van der Waals surface area contributed by atoms with E-state index in [9.17, 15) is 0 Å². The van der Waals surface area contributed by atoms with Crippen LogP contribution in [-0.2, 0) is 0 Å². The van der Waals surface area contributed by atoms with Gasteiger partial charge in [-0.05, 0) is 25.9 Å². The lowest BCUT2D eigenvalue weighted by Gasteiger charge is -2.23. The summed E-state index contributed by atoms with van der Waals surface area (Å²) in [6.07, 6.45) is 5.90. The third-order valence-electron chi connectivity index (χ3n) is 2.99. The van der Waals surface area contributed by atoms with Crippen molar-refractivity contribution in [3.63, 3.8) is 0 Å². The highest BCUT2D eigenvalue weighted by Crippen LogP contribution is 2.07. The lowest BCUT2D eigenvalue weighted by Crippen LogP contribution is -2.38. The van der Waals surface area contributed by atoms with E-state index in [-0.39, 0.29) is 0 Å². The maximum absolute atomic E-state index is 3.75. The average Bonchev–Trinajstić information content (AvgIpc) is 2.51. The molecule has 2 nitrogen and oxygen atoms in total. The lowest BCUT2D eigenvalue weighted by atomic mass is 10.1. The zero-order chi connectivity index (χ0) is 11.6. The molecule has 1 aliphatic heterocycles. The second-order valence-electron chi connectivity index (χ2n) is 4.46. The van der Waals surface area contributed by atoms with Crippen LogP contribution in [0.3, 0.4) is 0 Å². The van der Waals surface area contributed by atoms with E-state index in [1.807, 2.05) is 17.8 Å². The van der Waals surface area contributed by atoms with Gasteiger partial charge in [-0.2, -0.15) is 11.8 Å². The predicted molar refractivity (Wildman–Crippen MR) is 75.3 cm³/mol. The molecule has 0 spiro atoms. The Morgan fingerprint density at radius 2 is 2.44 bits per heavy atom. The summed E-state index contributed by atoms with van der Waals surface area (Å²) in [4.78, 5) is 2.62. The topological polar surface area (TPSA) is 15.3 Å². The Morgan fingerprint density at radius 1 is 1.56 bits per heavy atom. The Hall–Kier alpha value is 0.01000. The van der Waals surface area contributed by atoms with Crippen LogP contribution in [0, 0.1) is 0 Å². The number of nitrogens with one attached hydrogen (secondary N) is 1. The van der Waals surface area contributed by atoms with Gasteiger partial charge in [-0.3, -0.25) is 0 Å². The Labute approximate surface area is 105 Å². The molecular weight excluding hydrogens is 216 g/mol. The molecule has 0 amide bonds. The molecule has 16 heavy (non-hydrogen) atoms. The quantitative estimate of drug-likeness (QED) is 0.545. The van der Waals surface area contributed by atoms with Gasteiger partial charge < -0.3 is 10.2 Å². The molecule has 1 atom stereocenters. The van der Waals surface area contributed by atoms with E-state index in [0.29, 0.717) is 0 Å². The summed E-state index contributed by atoms with van der Waals surface area (Å²) in [5.41, 5.74) is 0. The van der Waals surface area contributed by atoms with Crippen molar-refractivity contribution in [2.24, 2.45) is 0 Å². The summed E-state index contributed by atoms with van der Waals surface area (Å²) < 4.78 is 0. The van der Waals surface area contributed by atoms with Crippen LogP contribution in [0.1, 0.15) is 26.2 Å². The molecule has 0 bridgehead atoms. The van der Waals surface area contributed by atoms with Crippen molar-refractivity contribution < 1.29 is 0 Å². The van der Waals surface area contributed by atoms with E-state index in [1.165, 1.54) is 51.2 Å². The summed E-state index contributed by atoms with van der Waals surface area (Å²) in [6.45, 7) is 11.0. The number of hydrogen-bond donors (Lipinski definition) is 1. The molecule has 0 aromatic carbocycles. The molecule has 0 aromatic rings. The molecule has 3 heteroatoms. The van der Waals surface area contributed by atoms with Crippen molar-refractivity contribution in [1.29, 1.82) is 0 Å². The number of hydrogen-bond acceptors (Lipinski definition) is 3. The molecule has 1 fully saturated rings. The molecule has 1 aliphatic rings. The minimum absolute atomic E-state index is 0.719. The van der Waals surface area contributed by atoms with E-state index in [0.717, 1.165) is 11.8 Å². The first-order valence-electron chi connectivity index (χ1n) is 6.51. The zero-order valence-electron chi connectivity index (χ0n) is 10.6. The molecule has 0 aliphatic carbocycles. The summed E-state index contributed by atoms with van der Waals surface area (Å²) in [6, 6.07) is 0.719. The van der Waals surface area contributed by atoms with E-state index in [1.54, 1.807) is 0 Å². The van der Waals surface area contributed by atoms with Crippen molar-refractivity contribution in [1.82, 2.24) is 10.2 Å². The first kappa shape index (κ1) is 14.1. The van der Waals surface area contributed by atoms with E-state index in [2.05, 4.69) is 23.7 Å². The number of rotatable bonds is 7. The van der Waals surface area contributed by atoms with E-state index >= 15 is 0 Å². The lowest BCUT2D eigenvalue weighted by molar-refractivity contribution is 0.278. The van der Waals surface area contributed by atoms with Gasteiger partial charge in [-0.25, -0.2) is 0 Å². The van der Waals surface area contributed by atoms with Gasteiger partial charge in [0.15, 0.2) is 0 Å². The van der Waals surface area contributed by atoms with Gasteiger partial charge in [-0.1, -0.05) is 19.4 Å². The van der Waals surface area contributed by atoms with Gasteiger partial charge in [0, 0.05) is 30.6 Å². The molecule has 0 radical (unpaired) electrons. The van der Waals surface area contributed by atoms with Crippen LogP contribution >= 0.6 is 11.8 Å². The van der Waals surface area contributed by atoms with Crippen LogP contribution < -0.4 is 5.32 Å². The normalized spacial score (nSPS) is 22.9. The highest BCUT2D eigenvalue weighted by Gasteiger charge is 2.16. The first-order chi connectivity index (χ1) is 7.86. The molecular formula is C13H26N2S. The second kappa shape index (κ2) is 9.08. The summed E-state index contributed by atoms with van der Waals surface area (Å²) >= 11 is 1.99. The fourth-order valence-corrected chi connectivity index (χ4v) is 2.90.